The number of carboxylic acid groups (broad SMARTS) is 1. The summed E-state index contributed by atoms with van der Waals surface area (Å²) in [5.74, 6) is -0.311. The largest absolute Gasteiger partial charge is 0.481 e. The Morgan fingerprint density at radius 3 is 2.87 bits per heavy atom. The van der Waals surface area contributed by atoms with Gasteiger partial charge in [-0.3, -0.25) is 4.79 Å². The van der Waals surface area contributed by atoms with Gasteiger partial charge in [0, 0.05) is 11.6 Å². The second kappa shape index (κ2) is 4.18. The summed E-state index contributed by atoms with van der Waals surface area (Å²) >= 11 is 1.45. The second-order valence-corrected chi connectivity index (χ2v) is 4.39. The summed E-state index contributed by atoms with van der Waals surface area (Å²) in [4.78, 5) is 19.2. The Kier molecular flexibility index (Phi) is 2.90. The molecule has 0 amide bonds. The van der Waals surface area contributed by atoms with Crippen molar-refractivity contribution in [2.45, 2.75) is 30.3 Å². The van der Waals surface area contributed by atoms with Crippen LogP contribution in [0.25, 0.3) is 0 Å². The number of hydrogen-bond donors (Lipinski definition) is 1. The first kappa shape index (κ1) is 10.4. The predicted octanol–water partition coefficient (Wildman–Crippen LogP) is 1.70. The number of aliphatic carboxylic acids is 1. The molecule has 15 heavy (non-hydrogen) atoms. The Morgan fingerprint density at radius 2 is 2.33 bits per heavy atom. The fraction of sp³-hybridized carbons (Fsp3) is 0.500. The molecule has 80 valence electrons. The minimum Gasteiger partial charge on any atom is -0.481 e. The van der Waals surface area contributed by atoms with E-state index < -0.39 is 5.97 Å². The van der Waals surface area contributed by atoms with Crippen LogP contribution in [0, 0.1) is 0 Å². The van der Waals surface area contributed by atoms with Crippen molar-refractivity contribution in [1.29, 1.82) is 0 Å². The molecule has 1 aliphatic rings. The van der Waals surface area contributed by atoms with Crippen molar-refractivity contribution in [2.75, 3.05) is 6.26 Å². The highest BCUT2D eigenvalue weighted by atomic mass is 32.2. The van der Waals surface area contributed by atoms with Crippen molar-refractivity contribution >= 4 is 17.7 Å². The standard InChI is InChI=1S/C10H12N2O2S/c1-15-10-11-7(5-9(13)14)4-8(12-10)6-2-3-6/h4,6H,2-3,5H2,1H3,(H,13,14). The average molecular weight is 224 g/mol. The third kappa shape index (κ3) is 2.68. The van der Waals surface area contributed by atoms with Gasteiger partial charge in [0.2, 0.25) is 0 Å². The smallest absolute Gasteiger partial charge is 0.309 e. The third-order valence-electron chi connectivity index (χ3n) is 2.29. The van der Waals surface area contributed by atoms with Crippen molar-refractivity contribution in [2.24, 2.45) is 0 Å². The molecule has 0 saturated heterocycles. The molecule has 1 fully saturated rings. The maximum absolute atomic E-state index is 10.6. The Hall–Kier alpha value is -1.10. The maximum atomic E-state index is 10.6. The molecule has 1 aromatic heterocycles. The normalized spacial score (nSPS) is 15.3. The maximum Gasteiger partial charge on any atom is 0.309 e. The lowest BCUT2D eigenvalue weighted by atomic mass is 10.2. The van der Waals surface area contributed by atoms with E-state index in [1.807, 2.05) is 12.3 Å². The van der Waals surface area contributed by atoms with Gasteiger partial charge < -0.3 is 5.11 Å². The summed E-state index contributed by atoms with van der Waals surface area (Å²) in [6, 6.07) is 1.82. The average Bonchev–Trinajstić information content (AvgIpc) is 2.99. The molecule has 0 atom stereocenters. The van der Waals surface area contributed by atoms with Gasteiger partial charge in [-0.05, 0) is 25.2 Å². The monoisotopic (exact) mass is 224 g/mol. The van der Waals surface area contributed by atoms with Gasteiger partial charge in [0.15, 0.2) is 5.16 Å². The van der Waals surface area contributed by atoms with Crippen molar-refractivity contribution < 1.29 is 9.90 Å². The Labute approximate surface area is 92.1 Å². The number of nitrogens with zero attached hydrogens (tertiary/aromatic N) is 2. The fourth-order valence-corrected chi connectivity index (χ4v) is 1.82. The third-order valence-corrected chi connectivity index (χ3v) is 2.84. The predicted molar refractivity (Wildman–Crippen MR) is 57.1 cm³/mol. The Morgan fingerprint density at radius 1 is 1.60 bits per heavy atom. The number of rotatable bonds is 4. The van der Waals surface area contributed by atoms with E-state index in [2.05, 4.69) is 9.97 Å². The van der Waals surface area contributed by atoms with Crippen LogP contribution in [0.3, 0.4) is 0 Å². The van der Waals surface area contributed by atoms with Crippen LogP contribution in [-0.4, -0.2) is 27.3 Å². The number of hydrogen-bond acceptors (Lipinski definition) is 4. The zero-order valence-corrected chi connectivity index (χ0v) is 9.25. The van der Waals surface area contributed by atoms with Gasteiger partial charge >= 0.3 is 5.97 Å². The molecule has 1 heterocycles. The van der Waals surface area contributed by atoms with E-state index in [0.29, 0.717) is 16.8 Å². The van der Waals surface area contributed by atoms with Crippen LogP contribution < -0.4 is 0 Å². The minimum atomic E-state index is -0.845. The second-order valence-electron chi connectivity index (χ2n) is 3.62. The van der Waals surface area contributed by atoms with Crippen LogP contribution in [0.1, 0.15) is 30.1 Å². The van der Waals surface area contributed by atoms with Gasteiger partial charge in [-0.2, -0.15) is 0 Å². The van der Waals surface area contributed by atoms with Crippen LogP contribution in [0.2, 0.25) is 0 Å². The van der Waals surface area contributed by atoms with Gasteiger partial charge in [0.05, 0.1) is 12.1 Å². The molecule has 1 N–H and O–H groups in total. The molecular weight excluding hydrogens is 212 g/mol. The van der Waals surface area contributed by atoms with Crippen LogP contribution >= 0.6 is 11.8 Å². The van der Waals surface area contributed by atoms with E-state index >= 15 is 0 Å². The molecule has 0 aliphatic heterocycles. The van der Waals surface area contributed by atoms with Crippen molar-refractivity contribution in [1.82, 2.24) is 9.97 Å². The summed E-state index contributed by atoms with van der Waals surface area (Å²) in [5, 5.41) is 9.38. The first-order valence-electron chi connectivity index (χ1n) is 4.82. The summed E-state index contributed by atoms with van der Waals surface area (Å²) in [6.45, 7) is 0. The van der Waals surface area contributed by atoms with Crippen LogP contribution in [0.4, 0.5) is 0 Å². The Balaban J connectivity index is 2.28. The number of aromatic nitrogens is 2. The molecule has 2 rings (SSSR count). The molecule has 0 aromatic carbocycles. The van der Waals surface area contributed by atoms with Crippen LogP contribution in [0.5, 0.6) is 0 Å². The van der Waals surface area contributed by atoms with E-state index in [-0.39, 0.29) is 6.42 Å². The number of carbonyl (C=O) groups is 1. The fourth-order valence-electron chi connectivity index (χ4n) is 1.42. The molecule has 4 nitrogen and oxygen atoms in total. The SMILES string of the molecule is CSc1nc(CC(=O)O)cc(C2CC2)n1. The van der Waals surface area contributed by atoms with Crippen molar-refractivity contribution in [3.63, 3.8) is 0 Å². The molecule has 1 aliphatic carbocycles. The lowest BCUT2D eigenvalue weighted by Gasteiger charge is -2.03. The highest BCUT2D eigenvalue weighted by Crippen LogP contribution is 2.39. The van der Waals surface area contributed by atoms with Crippen molar-refractivity contribution in [3.8, 4) is 0 Å². The molecule has 5 heteroatoms. The van der Waals surface area contributed by atoms with E-state index in [0.717, 1.165) is 18.5 Å². The lowest BCUT2D eigenvalue weighted by molar-refractivity contribution is -0.136. The molecule has 0 unspecified atom stereocenters. The summed E-state index contributed by atoms with van der Waals surface area (Å²) in [7, 11) is 0. The molecule has 0 radical (unpaired) electrons. The van der Waals surface area contributed by atoms with Crippen molar-refractivity contribution in [3.05, 3.63) is 17.5 Å². The van der Waals surface area contributed by atoms with Crippen LogP contribution in [0.15, 0.2) is 11.2 Å². The lowest BCUT2D eigenvalue weighted by Crippen LogP contribution is -2.05. The molecule has 0 bridgehead atoms. The van der Waals surface area contributed by atoms with E-state index in [9.17, 15) is 4.79 Å². The van der Waals surface area contributed by atoms with Gasteiger partial charge in [-0.25, -0.2) is 9.97 Å². The zero-order valence-electron chi connectivity index (χ0n) is 8.43. The first-order chi connectivity index (χ1) is 7.19. The van der Waals surface area contributed by atoms with Gasteiger partial charge in [-0.15, -0.1) is 0 Å². The first-order valence-corrected chi connectivity index (χ1v) is 6.05. The molecule has 0 spiro atoms. The number of carboxylic acids is 1. The quantitative estimate of drug-likeness (QED) is 0.623. The summed E-state index contributed by atoms with van der Waals surface area (Å²) in [6.07, 6.45) is 4.21. The van der Waals surface area contributed by atoms with Crippen LogP contribution in [-0.2, 0) is 11.2 Å². The van der Waals surface area contributed by atoms with Gasteiger partial charge in [0.25, 0.3) is 0 Å². The zero-order chi connectivity index (χ0) is 10.8. The Bertz CT molecular complexity index is 391. The summed E-state index contributed by atoms with van der Waals surface area (Å²) < 4.78 is 0. The highest BCUT2D eigenvalue weighted by molar-refractivity contribution is 7.98. The highest BCUT2D eigenvalue weighted by Gasteiger charge is 2.26. The molecule has 1 aromatic rings. The number of thioether (sulfide) groups is 1. The minimum absolute atomic E-state index is 0.0181. The van der Waals surface area contributed by atoms with Gasteiger partial charge in [-0.1, -0.05) is 11.8 Å². The van der Waals surface area contributed by atoms with E-state index in [1.54, 1.807) is 0 Å². The summed E-state index contributed by atoms with van der Waals surface area (Å²) in [5.41, 5.74) is 1.62. The topological polar surface area (TPSA) is 63.1 Å². The van der Waals surface area contributed by atoms with E-state index in [1.165, 1.54) is 11.8 Å². The molecule has 1 saturated carbocycles. The molecular formula is C10H12N2O2S. The van der Waals surface area contributed by atoms with Gasteiger partial charge in [0.1, 0.15) is 0 Å². The van der Waals surface area contributed by atoms with E-state index in [4.69, 9.17) is 5.11 Å².